The molecule has 5 nitrogen and oxygen atoms in total. The third kappa shape index (κ3) is 3.00. The molecule has 0 aliphatic heterocycles. The summed E-state index contributed by atoms with van der Waals surface area (Å²) in [6.45, 7) is 0. The first kappa shape index (κ1) is 15.1. The van der Waals surface area contributed by atoms with Gasteiger partial charge in [0.2, 0.25) is 0 Å². The van der Waals surface area contributed by atoms with Crippen LogP contribution in [0.1, 0.15) is 29.8 Å². The Morgan fingerprint density at radius 2 is 2.23 bits per heavy atom. The van der Waals surface area contributed by atoms with Crippen molar-refractivity contribution in [3.05, 3.63) is 41.0 Å². The van der Waals surface area contributed by atoms with Crippen molar-refractivity contribution in [2.75, 3.05) is 7.11 Å². The molecule has 0 bridgehead atoms. The van der Waals surface area contributed by atoms with Crippen LogP contribution in [0.15, 0.2) is 34.9 Å². The Balaban J connectivity index is 1.73. The minimum atomic E-state index is -0.254. The molecule has 0 radical (unpaired) electrons. The van der Waals surface area contributed by atoms with Gasteiger partial charge in [-0.05, 0) is 31.4 Å². The highest BCUT2D eigenvalue weighted by Gasteiger charge is 2.29. The molecule has 1 saturated carbocycles. The van der Waals surface area contributed by atoms with Crippen molar-refractivity contribution in [1.29, 1.82) is 0 Å². The first-order valence-corrected chi connectivity index (χ1v) is 7.62. The lowest BCUT2D eigenvalue weighted by Crippen LogP contribution is -2.40. The normalized spacial score (nSPS) is 21.0. The lowest BCUT2D eigenvalue weighted by Gasteiger charge is -2.18. The van der Waals surface area contributed by atoms with Gasteiger partial charge in [0.1, 0.15) is 0 Å². The summed E-state index contributed by atoms with van der Waals surface area (Å²) in [5, 5.41) is 7.35. The van der Waals surface area contributed by atoms with Crippen molar-refractivity contribution in [2.24, 2.45) is 0 Å². The second-order valence-corrected chi connectivity index (χ2v) is 5.75. The Kier molecular flexibility index (Phi) is 4.45. The van der Waals surface area contributed by atoms with Crippen molar-refractivity contribution < 1.29 is 14.1 Å². The van der Waals surface area contributed by atoms with Crippen LogP contribution in [-0.2, 0) is 4.74 Å². The van der Waals surface area contributed by atoms with Crippen LogP contribution in [0.25, 0.3) is 11.3 Å². The van der Waals surface area contributed by atoms with Gasteiger partial charge >= 0.3 is 0 Å². The third-order valence-electron chi connectivity index (χ3n) is 3.95. The zero-order valence-electron chi connectivity index (χ0n) is 12.2. The minimum absolute atomic E-state index is 0.0259. The lowest BCUT2D eigenvalue weighted by molar-refractivity contribution is 0.0717. The molecule has 1 aromatic carbocycles. The molecule has 0 unspecified atom stereocenters. The van der Waals surface area contributed by atoms with Crippen molar-refractivity contribution in [2.45, 2.75) is 31.4 Å². The summed E-state index contributed by atoms with van der Waals surface area (Å²) in [6, 6.07) is 8.90. The van der Waals surface area contributed by atoms with E-state index in [0.717, 1.165) is 19.3 Å². The number of methoxy groups -OCH3 is 1. The van der Waals surface area contributed by atoms with Crippen LogP contribution in [-0.4, -0.2) is 30.3 Å². The smallest absolute Gasteiger partial charge is 0.273 e. The van der Waals surface area contributed by atoms with Gasteiger partial charge in [-0.3, -0.25) is 4.79 Å². The largest absolute Gasteiger partial charge is 0.379 e. The summed E-state index contributed by atoms with van der Waals surface area (Å²) in [6.07, 6.45) is 3.00. The number of hydrogen-bond donors (Lipinski definition) is 1. The molecule has 0 spiro atoms. The van der Waals surface area contributed by atoms with Gasteiger partial charge in [0.05, 0.1) is 17.2 Å². The number of ether oxygens (including phenoxy) is 1. The van der Waals surface area contributed by atoms with E-state index in [1.165, 1.54) is 0 Å². The number of rotatable bonds is 4. The first-order valence-electron chi connectivity index (χ1n) is 7.24. The molecule has 2 atom stereocenters. The van der Waals surface area contributed by atoms with Crippen LogP contribution >= 0.6 is 11.6 Å². The topological polar surface area (TPSA) is 64.4 Å². The van der Waals surface area contributed by atoms with Crippen molar-refractivity contribution >= 4 is 17.5 Å². The quantitative estimate of drug-likeness (QED) is 0.938. The van der Waals surface area contributed by atoms with E-state index in [2.05, 4.69) is 10.5 Å². The third-order valence-corrected chi connectivity index (χ3v) is 4.28. The maximum atomic E-state index is 12.3. The Labute approximate surface area is 133 Å². The molecule has 0 saturated heterocycles. The van der Waals surface area contributed by atoms with Gasteiger partial charge in [0.15, 0.2) is 11.5 Å². The van der Waals surface area contributed by atoms with Crippen LogP contribution in [0.4, 0.5) is 0 Å². The molecule has 2 aromatic rings. The fourth-order valence-corrected chi connectivity index (χ4v) is 3.01. The summed E-state index contributed by atoms with van der Waals surface area (Å²) in [5.41, 5.74) is 0.961. The number of amides is 1. The number of benzene rings is 1. The molecule has 3 rings (SSSR count). The predicted molar refractivity (Wildman–Crippen MR) is 82.9 cm³/mol. The summed E-state index contributed by atoms with van der Waals surface area (Å²) in [5.74, 6) is 0.224. The van der Waals surface area contributed by atoms with Crippen LogP contribution in [0.3, 0.4) is 0 Å². The van der Waals surface area contributed by atoms with E-state index < -0.39 is 0 Å². The second-order valence-electron chi connectivity index (χ2n) is 5.34. The van der Waals surface area contributed by atoms with Gasteiger partial charge in [-0.1, -0.05) is 28.9 Å². The van der Waals surface area contributed by atoms with Gasteiger partial charge in [-0.25, -0.2) is 0 Å². The average Bonchev–Trinajstić information content (AvgIpc) is 3.16. The van der Waals surface area contributed by atoms with Crippen LogP contribution < -0.4 is 5.32 Å². The molecule has 1 aliphatic rings. The fourth-order valence-electron chi connectivity index (χ4n) is 2.79. The van der Waals surface area contributed by atoms with E-state index in [1.807, 2.05) is 18.2 Å². The Bertz CT molecular complexity index is 671. The number of carbonyl (C=O) groups excluding carboxylic acids is 1. The Morgan fingerprint density at radius 1 is 1.41 bits per heavy atom. The zero-order valence-corrected chi connectivity index (χ0v) is 13.0. The summed E-state index contributed by atoms with van der Waals surface area (Å²) >= 11 is 6.12. The van der Waals surface area contributed by atoms with E-state index in [9.17, 15) is 4.79 Å². The van der Waals surface area contributed by atoms with E-state index in [0.29, 0.717) is 16.3 Å². The highest BCUT2D eigenvalue weighted by atomic mass is 35.5. The predicted octanol–water partition coefficient (Wildman–Crippen LogP) is 3.29. The summed E-state index contributed by atoms with van der Waals surface area (Å²) in [4.78, 5) is 12.3. The molecule has 116 valence electrons. The van der Waals surface area contributed by atoms with Gasteiger partial charge < -0.3 is 14.6 Å². The van der Waals surface area contributed by atoms with Gasteiger partial charge in [0.25, 0.3) is 5.91 Å². The van der Waals surface area contributed by atoms with Gasteiger partial charge in [-0.15, -0.1) is 0 Å². The summed E-state index contributed by atoms with van der Waals surface area (Å²) < 4.78 is 10.6. The average molecular weight is 321 g/mol. The molecule has 6 heteroatoms. The number of carbonyl (C=O) groups is 1. The molecular weight excluding hydrogens is 304 g/mol. The van der Waals surface area contributed by atoms with E-state index in [-0.39, 0.29) is 23.7 Å². The Hall–Kier alpha value is -1.85. The maximum absolute atomic E-state index is 12.3. The highest BCUT2D eigenvalue weighted by Crippen LogP contribution is 2.28. The molecule has 22 heavy (non-hydrogen) atoms. The van der Waals surface area contributed by atoms with Gasteiger partial charge in [-0.2, -0.15) is 0 Å². The molecule has 1 aromatic heterocycles. The van der Waals surface area contributed by atoms with Crippen LogP contribution in [0.5, 0.6) is 0 Å². The van der Waals surface area contributed by atoms with Gasteiger partial charge in [0, 0.05) is 18.7 Å². The second kappa shape index (κ2) is 6.50. The zero-order chi connectivity index (χ0) is 15.5. The molecule has 1 fully saturated rings. The number of nitrogens with zero attached hydrogens (tertiary/aromatic N) is 1. The monoisotopic (exact) mass is 320 g/mol. The Morgan fingerprint density at radius 3 is 3.00 bits per heavy atom. The molecule has 1 amide bonds. The number of aromatic nitrogens is 1. The van der Waals surface area contributed by atoms with Crippen molar-refractivity contribution in [3.8, 4) is 11.3 Å². The number of hydrogen-bond acceptors (Lipinski definition) is 4. The first-order chi connectivity index (χ1) is 10.7. The minimum Gasteiger partial charge on any atom is -0.379 e. The molecule has 1 aliphatic carbocycles. The van der Waals surface area contributed by atoms with Crippen LogP contribution in [0.2, 0.25) is 5.02 Å². The highest BCUT2D eigenvalue weighted by molar-refractivity contribution is 6.33. The number of nitrogens with one attached hydrogen (secondary N) is 1. The van der Waals surface area contributed by atoms with E-state index >= 15 is 0 Å². The molecule has 1 N–H and O–H groups in total. The SMILES string of the molecule is CO[C@H]1CCC[C@@H]1NC(=O)c1cc(-c2ccccc2Cl)on1. The molecular formula is C16H17ClN2O3. The van der Waals surface area contributed by atoms with Crippen LogP contribution in [0, 0.1) is 0 Å². The van der Waals surface area contributed by atoms with E-state index in [1.54, 1.807) is 19.2 Å². The standard InChI is InChI=1S/C16H17ClN2O3/c1-21-14-8-4-7-12(14)18-16(20)13-9-15(22-19-13)10-5-2-3-6-11(10)17/h2-3,5-6,9,12,14H,4,7-8H2,1H3,(H,18,20)/t12-,14-/m0/s1. The fraction of sp³-hybridized carbons (Fsp3) is 0.375. The maximum Gasteiger partial charge on any atom is 0.273 e. The van der Waals surface area contributed by atoms with Crippen molar-refractivity contribution in [1.82, 2.24) is 10.5 Å². The molecule has 1 heterocycles. The lowest BCUT2D eigenvalue weighted by atomic mass is 10.1. The summed E-state index contributed by atoms with van der Waals surface area (Å²) in [7, 11) is 1.67. The number of halogens is 1. The van der Waals surface area contributed by atoms with Crippen molar-refractivity contribution in [3.63, 3.8) is 0 Å². The van der Waals surface area contributed by atoms with E-state index in [4.69, 9.17) is 20.9 Å².